The number of fused-ring (bicyclic) bond motifs is 1. The van der Waals surface area contributed by atoms with E-state index in [0.29, 0.717) is 5.56 Å². The Kier molecular flexibility index (Phi) is 5.68. The van der Waals surface area contributed by atoms with E-state index in [0.717, 1.165) is 20.6 Å². The van der Waals surface area contributed by atoms with E-state index in [1.165, 1.54) is 0 Å². The van der Waals surface area contributed by atoms with Crippen LogP contribution in [0.1, 0.15) is 33.3 Å². The van der Waals surface area contributed by atoms with Gasteiger partial charge in [0.1, 0.15) is 0 Å². The fourth-order valence-corrected chi connectivity index (χ4v) is 5.24. The number of rotatable bonds is 4. The Balaban J connectivity index is 1.52. The molecule has 6 heteroatoms. The minimum Gasteiger partial charge on any atom is -0.272 e. The molecule has 164 valence electrons. The third-order valence-electron chi connectivity index (χ3n) is 6.37. The Labute approximate surface area is 200 Å². The predicted molar refractivity (Wildman–Crippen MR) is 128 cm³/mol. The lowest BCUT2D eigenvalue weighted by molar-refractivity contribution is -0.142. The third kappa shape index (κ3) is 3.91. The van der Waals surface area contributed by atoms with E-state index in [2.05, 4.69) is 21.4 Å². The van der Waals surface area contributed by atoms with Gasteiger partial charge in [0.2, 0.25) is 0 Å². The lowest BCUT2D eigenvalue weighted by Crippen LogP contribution is -2.46. The van der Waals surface area contributed by atoms with E-state index in [-0.39, 0.29) is 23.7 Å². The minimum atomic E-state index is -0.599. The van der Waals surface area contributed by atoms with Crippen LogP contribution in [0.4, 0.5) is 0 Å². The fourth-order valence-electron chi connectivity index (χ4n) is 4.84. The summed E-state index contributed by atoms with van der Waals surface area (Å²) >= 11 is 3.35. The van der Waals surface area contributed by atoms with E-state index in [4.69, 9.17) is 0 Å². The van der Waals surface area contributed by atoms with Crippen LogP contribution in [0.25, 0.3) is 0 Å². The van der Waals surface area contributed by atoms with Gasteiger partial charge in [-0.1, -0.05) is 94.8 Å². The number of hydrazine groups is 1. The standard InChI is InChI=1S/C27H21BrN2O3/c28-20-13-7-12-19(16-20)25(31)29-30-26(32)23-21(17-8-3-1-4-9-17)14-15-22(24(23)27(30)33)18-10-5-2-6-11-18/h1-16,21-24H,(H,29,31)/t21-,22+,23-,24-/m0/s1. The highest BCUT2D eigenvalue weighted by atomic mass is 79.9. The molecule has 1 aliphatic heterocycles. The van der Waals surface area contributed by atoms with Gasteiger partial charge in [-0.05, 0) is 29.3 Å². The van der Waals surface area contributed by atoms with Crippen molar-refractivity contribution in [3.63, 3.8) is 0 Å². The molecule has 1 saturated heterocycles. The molecule has 1 N–H and O–H groups in total. The smallest absolute Gasteiger partial charge is 0.270 e. The largest absolute Gasteiger partial charge is 0.272 e. The lowest BCUT2D eigenvalue weighted by atomic mass is 9.68. The van der Waals surface area contributed by atoms with Crippen LogP contribution >= 0.6 is 15.9 Å². The molecule has 0 saturated carbocycles. The summed E-state index contributed by atoms with van der Waals surface area (Å²) in [5.74, 6) is -2.96. The average Bonchev–Trinajstić information content (AvgIpc) is 3.10. The Bertz CT molecular complexity index is 1170. The summed E-state index contributed by atoms with van der Waals surface area (Å²) in [6, 6.07) is 26.2. The van der Waals surface area contributed by atoms with Crippen molar-refractivity contribution in [3.05, 3.63) is 118 Å². The van der Waals surface area contributed by atoms with E-state index in [9.17, 15) is 14.4 Å². The van der Waals surface area contributed by atoms with Crippen LogP contribution < -0.4 is 5.43 Å². The molecular weight excluding hydrogens is 480 g/mol. The zero-order valence-electron chi connectivity index (χ0n) is 17.6. The number of imide groups is 1. The van der Waals surface area contributed by atoms with Crippen molar-refractivity contribution < 1.29 is 14.4 Å². The molecule has 0 spiro atoms. The molecule has 3 aromatic carbocycles. The molecule has 0 bridgehead atoms. The molecule has 3 aromatic rings. The van der Waals surface area contributed by atoms with Crippen LogP contribution in [-0.4, -0.2) is 22.7 Å². The summed E-state index contributed by atoms with van der Waals surface area (Å²) < 4.78 is 0.736. The van der Waals surface area contributed by atoms with Gasteiger partial charge < -0.3 is 0 Å². The number of amides is 3. The Morgan fingerprint density at radius 3 is 1.73 bits per heavy atom. The average molecular weight is 501 g/mol. The van der Waals surface area contributed by atoms with E-state index < -0.39 is 17.7 Å². The maximum atomic E-state index is 13.6. The fraction of sp³-hybridized carbons (Fsp3) is 0.148. The molecule has 0 unspecified atom stereocenters. The maximum absolute atomic E-state index is 13.6. The highest BCUT2D eigenvalue weighted by Crippen LogP contribution is 2.48. The molecule has 1 heterocycles. The lowest BCUT2D eigenvalue weighted by Gasteiger charge is -2.32. The number of nitrogens with one attached hydrogen (secondary N) is 1. The molecule has 5 nitrogen and oxygen atoms in total. The highest BCUT2D eigenvalue weighted by Gasteiger charge is 2.55. The second-order valence-electron chi connectivity index (χ2n) is 8.27. The molecule has 4 atom stereocenters. The molecule has 0 radical (unpaired) electrons. The Morgan fingerprint density at radius 2 is 1.24 bits per heavy atom. The number of nitrogens with zero attached hydrogens (tertiary/aromatic N) is 1. The summed E-state index contributed by atoms with van der Waals surface area (Å²) in [5, 5.41) is 0.928. The molecule has 5 rings (SSSR count). The second-order valence-corrected chi connectivity index (χ2v) is 9.19. The molecule has 1 aliphatic carbocycles. The number of allylic oxidation sites excluding steroid dienone is 2. The topological polar surface area (TPSA) is 66.5 Å². The van der Waals surface area contributed by atoms with Gasteiger partial charge in [0.25, 0.3) is 17.7 Å². The van der Waals surface area contributed by atoms with Crippen LogP contribution in [0, 0.1) is 11.8 Å². The van der Waals surface area contributed by atoms with Gasteiger partial charge in [-0.2, -0.15) is 5.01 Å². The van der Waals surface area contributed by atoms with Crippen molar-refractivity contribution in [3.8, 4) is 0 Å². The molecule has 0 aromatic heterocycles. The van der Waals surface area contributed by atoms with Crippen LogP contribution in [-0.2, 0) is 9.59 Å². The molecule has 33 heavy (non-hydrogen) atoms. The SMILES string of the molecule is O=C(NN1C(=O)[C@@H]2[C@@H](C1=O)[C@H](c1ccccc1)C=C[C@@H]2c1ccccc1)c1cccc(Br)c1. The number of hydrogen-bond donors (Lipinski definition) is 1. The Morgan fingerprint density at radius 1 is 0.727 bits per heavy atom. The summed E-state index contributed by atoms with van der Waals surface area (Å²) in [6.07, 6.45) is 4.05. The maximum Gasteiger partial charge on any atom is 0.270 e. The Hall–Kier alpha value is -3.51. The first-order valence-electron chi connectivity index (χ1n) is 10.8. The zero-order chi connectivity index (χ0) is 22.9. The molecule has 2 aliphatic rings. The van der Waals surface area contributed by atoms with Crippen molar-refractivity contribution in [2.24, 2.45) is 11.8 Å². The summed E-state index contributed by atoms with van der Waals surface area (Å²) in [5.41, 5.74) is 4.87. The van der Waals surface area contributed by atoms with Crippen molar-refractivity contribution >= 4 is 33.7 Å². The van der Waals surface area contributed by atoms with Gasteiger partial charge in [0, 0.05) is 21.9 Å². The molecule has 1 fully saturated rings. The number of carbonyl (C=O) groups is 3. The first-order valence-corrected chi connectivity index (χ1v) is 11.6. The van der Waals surface area contributed by atoms with Gasteiger partial charge in [-0.3, -0.25) is 19.8 Å². The van der Waals surface area contributed by atoms with Crippen LogP contribution in [0.15, 0.2) is 102 Å². The number of hydrogen-bond acceptors (Lipinski definition) is 3. The first kappa shape index (κ1) is 21.3. The molecule has 3 amide bonds. The van der Waals surface area contributed by atoms with Crippen LogP contribution in [0.5, 0.6) is 0 Å². The predicted octanol–water partition coefficient (Wildman–Crippen LogP) is 4.83. The first-order chi connectivity index (χ1) is 16.0. The normalized spacial score (nSPS) is 24.0. The van der Waals surface area contributed by atoms with Crippen molar-refractivity contribution in [1.82, 2.24) is 10.4 Å². The summed E-state index contributed by atoms with van der Waals surface area (Å²) in [6.45, 7) is 0. The number of carbonyl (C=O) groups excluding carboxylic acids is 3. The van der Waals surface area contributed by atoms with Gasteiger partial charge in [-0.15, -0.1) is 0 Å². The second kappa shape index (κ2) is 8.79. The van der Waals surface area contributed by atoms with Gasteiger partial charge in [0.05, 0.1) is 11.8 Å². The van der Waals surface area contributed by atoms with Crippen LogP contribution in [0.2, 0.25) is 0 Å². The van der Waals surface area contributed by atoms with Crippen molar-refractivity contribution in [2.75, 3.05) is 0 Å². The van der Waals surface area contributed by atoms with Crippen LogP contribution in [0.3, 0.4) is 0 Å². The van der Waals surface area contributed by atoms with E-state index in [1.807, 2.05) is 72.8 Å². The van der Waals surface area contributed by atoms with Crippen molar-refractivity contribution in [2.45, 2.75) is 11.8 Å². The molecular formula is C27H21BrN2O3. The summed E-state index contributed by atoms with van der Waals surface area (Å²) in [4.78, 5) is 40.0. The summed E-state index contributed by atoms with van der Waals surface area (Å²) in [7, 11) is 0. The number of benzene rings is 3. The highest BCUT2D eigenvalue weighted by molar-refractivity contribution is 9.10. The third-order valence-corrected chi connectivity index (χ3v) is 6.86. The quantitative estimate of drug-likeness (QED) is 0.412. The van der Waals surface area contributed by atoms with Gasteiger partial charge in [0.15, 0.2) is 0 Å². The number of halogens is 1. The van der Waals surface area contributed by atoms with E-state index in [1.54, 1.807) is 24.3 Å². The van der Waals surface area contributed by atoms with Crippen molar-refractivity contribution in [1.29, 1.82) is 0 Å². The minimum absolute atomic E-state index is 0.250. The van der Waals surface area contributed by atoms with E-state index >= 15 is 0 Å². The monoisotopic (exact) mass is 500 g/mol. The van der Waals surface area contributed by atoms with Gasteiger partial charge >= 0.3 is 0 Å². The zero-order valence-corrected chi connectivity index (χ0v) is 19.2. The van der Waals surface area contributed by atoms with Gasteiger partial charge in [-0.25, -0.2) is 0 Å².